The first-order valence-corrected chi connectivity index (χ1v) is 10.3. The van der Waals surface area contributed by atoms with Gasteiger partial charge in [-0.2, -0.15) is 0 Å². The highest BCUT2D eigenvalue weighted by Gasteiger charge is 2.25. The molecule has 1 fully saturated rings. The first-order valence-electron chi connectivity index (χ1n) is 8.70. The highest BCUT2D eigenvalue weighted by molar-refractivity contribution is 7.90. The quantitative estimate of drug-likeness (QED) is 0.787. The molecule has 3 rings (SSSR count). The Morgan fingerprint density at radius 2 is 2.16 bits per heavy atom. The highest BCUT2D eigenvalue weighted by Crippen LogP contribution is 2.20. The molecule has 1 N–H and O–H groups in total. The predicted octanol–water partition coefficient (Wildman–Crippen LogP) is 2.31. The van der Waals surface area contributed by atoms with Crippen molar-refractivity contribution in [2.75, 3.05) is 25.9 Å². The Labute approximate surface area is 151 Å². The second-order valence-corrected chi connectivity index (χ2v) is 7.67. The summed E-state index contributed by atoms with van der Waals surface area (Å²) in [6, 6.07) is 4.62. The molecule has 25 heavy (non-hydrogen) atoms. The molecule has 1 saturated heterocycles. The molecule has 2 aliphatic rings. The molecule has 2 aliphatic heterocycles. The van der Waals surface area contributed by atoms with Crippen molar-refractivity contribution in [2.24, 2.45) is 9.98 Å². The minimum absolute atomic E-state index is 0.0448. The number of halogens is 1. The van der Waals surface area contributed by atoms with E-state index in [4.69, 9.17) is 4.74 Å². The Bertz CT molecular complexity index is 672. The minimum atomic E-state index is -1.35. The molecule has 0 aromatic heterocycles. The van der Waals surface area contributed by atoms with Crippen molar-refractivity contribution in [1.29, 1.82) is 0 Å². The lowest BCUT2D eigenvalue weighted by atomic mass is 10.1. The molecule has 0 aliphatic carbocycles. The third-order valence-corrected chi connectivity index (χ3v) is 5.48. The number of aliphatic imine (C=N–C) groups is 2. The van der Waals surface area contributed by atoms with Crippen LogP contribution >= 0.6 is 0 Å². The third kappa shape index (κ3) is 4.47. The average Bonchev–Trinajstić information content (AvgIpc) is 3.10. The summed E-state index contributed by atoms with van der Waals surface area (Å²) >= 11 is -1.35. The van der Waals surface area contributed by atoms with Gasteiger partial charge in [-0.1, -0.05) is 6.92 Å². The van der Waals surface area contributed by atoms with Crippen LogP contribution in [0.3, 0.4) is 0 Å². The summed E-state index contributed by atoms with van der Waals surface area (Å²) in [6.45, 7) is 4.54. The van der Waals surface area contributed by atoms with Crippen LogP contribution in [0.15, 0.2) is 33.1 Å². The standard InChI is InChI=1S/C18H24FN3O2S/c1-3-16(24-13-6-8-20-9-7-13)15-11-21-18(22-15)12-4-5-17(25(2)23)14(19)10-12/h4-5,10,13,16,20H,3,6-9,11H2,1-2H3. The van der Waals surface area contributed by atoms with E-state index in [1.807, 2.05) is 0 Å². The Morgan fingerprint density at radius 3 is 2.80 bits per heavy atom. The zero-order valence-electron chi connectivity index (χ0n) is 14.6. The second kappa shape index (κ2) is 8.40. The van der Waals surface area contributed by atoms with Gasteiger partial charge in [-0.15, -0.1) is 0 Å². The molecule has 136 valence electrons. The Hall–Kier alpha value is -1.28. The van der Waals surface area contributed by atoms with Gasteiger partial charge >= 0.3 is 0 Å². The van der Waals surface area contributed by atoms with Gasteiger partial charge in [0.15, 0.2) is 16.5 Å². The van der Waals surface area contributed by atoms with E-state index < -0.39 is 17.0 Å². The van der Waals surface area contributed by atoms with E-state index in [1.54, 1.807) is 12.1 Å². The Balaban J connectivity index is 1.70. The van der Waals surface area contributed by atoms with Gasteiger partial charge in [0.2, 0.25) is 0 Å². The van der Waals surface area contributed by atoms with Crippen LogP contribution in [0.25, 0.3) is 0 Å². The van der Waals surface area contributed by atoms with E-state index in [2.05, 4.69) is 22.2 Å². The second-order valence-electron chi connectivity index (χ2n) is 6.32. The zero-order valence-corrected chi connectivity index (χ0v) is 15.4. The molecule has 0 spiro atoms. The van der Waals surface area contributed by atoms with Crippen LogP contribution in [0.4, 0.5) is 4.39 Å². The molecule has 7 heteroatoms. The maximum Gasteiger partial charge on any atom is 0.188 e. The van der Waals surface area contributed by atoms with Gasteiger partial charge < -0.3 is 14.6 Å². The number of hydrogen-bond donors (Lipinski definition) is 1. The molecule has 1 aromatic carbocycles. The summed E-state index contributed by atoms with van der Waals surface area (Å²) in [4.78, 5) is 9.24. The Kier molecular flexibility index (Phi) is 6.22. The van der Waals surface area contributed by atoms with Crippen LogP contribution in [0.2, 0.25) is 0 Å². The lowest BCUT2D eigenvalue weighted by Gasteiger charge is -2.27. The number of piperidine rings is 1. The molecule has 2 unspecified atom stereocenters. The maximum atomic E-state index is 14.1. The number of amidine groups is 1. The number of nitrogens with one attached hydrogen (secondary N) is 1. The van der Waals surface area contributed by atoms with E-state index >= 15 is 0 Å². The van der Waals surface area contributed by atoms with Crippen molar-refractivity contribution in [3.8, 4) is 0 Å². The topological polar surface area (TPSA) is 69.0 Å². The summed E-state index contributed by atoms with van der Waals surface area (Å²) in [5.74, 6) is 0.0392. The summed E-state index contributed by atoms with van der Waals surface area (Å²) in [6.07, 6.45) is 4.54. The maximum absolute atomic E-state index is 14.1. The van der Waals surface area contributed by atoms with Crippen molar-refractivity contribution < 1.29 is 13.7 Å². The largest absolute Gasteiger partial charge is 0.612 e. The van der Waals surface area contributed by atoms with Crippen LogP contribution in [0.1, 0.15) is 31.7 Å². The van der Waals surface area contributed by atoms with Crippen LogP contribution in [0.5, 0.6) is 0 Å². The van der Waals surface area contributed by atoms with Crippen LogP contribution in [-0.2, 0) is 15.9 Å². The Morgan fingerprint density at radius 1 is 1.40 bits per heavy atom. The lowest BCUT2D eigenvalue weighted by molar-refractivity contribution is 0.00438. The van der Waals surface area contributed by atoms with Crippen LogP contribution in [-0.4, -0.2) is 54.2 Å². The monoisotopic (exact) mass is 365 g/mol. The molecule has 0 bridgehead atoms. The molecule has 2 heterocycles. The number of nitrogens with zero attached hydrogens (tertiary/aromatic N) is 2. The molecular formula is C18H24FN3O2S. The van der Waals surface area contributed by atoms with Gasteiger partial charge in [-0.3, -0.25) is 4.99 Å². The lowest BCUT2D eigenvalue weighted by Crippen LogP contribution is -2.37. The fourth-order valence-electron chi connectivity index (χ4n) is 3.14. The van der Waals surface area contributed by atoms with Gasteiger partial charge in [0.05, 0.1) is 24.5 Å². The number of rotatable bonds is 6. The summed E-state index contributed by atoms with van der Waals surface area (Å²) in [5, 5.41) is 3.33. The van der Waals surface area contributed by atoms with Crippen LogP contribution in [0, 0.1) is 5.82 Å². The zero-order chi connectivity index (χ0) is 17.8. The molecule has 0 radical (unpaired) electrons. The summed E-state index contributed by atoms with van der Waals surface area (Å²) < 4.78 is 31.7. The smallest absolute Gasteiger partial charge is 0.188 e. The first-order chi connectivity index (χ1) is 12.1. The fraction of sp³-hybridized carbons (Fsp3) is 0.556. The fourth-order valence-corrected chi connectivity index (χ4v) is 3.73. The van der Waals surface area contributed by atoms with Crippen LogP contribution < -0.4 is 5.32 Å². The summed E-state index contributed by atoms with van der Waals surface area (Å²) in [7, 11) is 0. The predicted molar refractivity (Wildman–Crippen MR) is 98.6 cm³/mol. The molecule has 0 saturated carbocycles. The van der Waals surface area contributed by atoms with E-state index in [9.17, 15) is 8.94 Å². The molecule has 0 amide bonds. The van der Waals surface area contributed by atoms with Crippen molar-refractivity contribution in [2.45, 2.75) is 43.3 Å². The third-order valence-electron chi connectivity index (χ3n) is 4.53. The summed E-state index contributed by atoms with van der Waals surface area (Å²) in [5.41, 5.74) is 1.51. The SMILES string of the molecule is CCC(OC1CCNCC1)C1=NC(c2ccc([S+](C)[O-])c(F)c2)=NC1. The van der Waals surface area contributed by atoms with Crippen molar-refractivity contribution >= 4 is 22.7 Å². The molecular weight excluding hydrogens is 341 g/mol. The average molecular weight is 365 g/mol. The first kappa shape index (κ1) is 18.5. The number of benzene rings is 1. The van der Waals surface area contributed by atoms with Gasteiger partial charge in [-0.05, 0) is 61.7 Å². The highest BCUT2D eigenvalue weighted by atomic mass is 32.2. The van der Waals surface area contributed by atoms with Crippen molar-refractivity contribution in [3.05, 3.63) is 29.6 Å². The van der Waals surface area contributed by atoms with Gasteiger partial charge in [0.1, 0.15) is 6.26 Å². The number of hydrogen-bond acceptors (Lipinski definition) is 5. The molecule has 5 nitrogen and oxygen atoms in total. The van der Waals surface area contributed by atoms with Crippen molar-refractivity contribution in [1.82, 2.24) is 5.32 Å². The van der Waals surface area contributed by atoms with Gasteiger partial charge in [-0.25, -0.2) is 9.38 Å². The normalized spacial score (nSPS) is 21.0. The van der Waals surface area contributed by atoms with Gasteiger partial charge in [0, 0.05) is 5.56 Å². The van der Waals surface area contributed by atoms with E-state index in [0.717, 1.165) is 38.1 Å². The van der Waals surface area contributed by atoms with Gasteiger partial charge in [0.25, 0.3) is 0 Å². The van der Waals surface area contributed by atoms with E-state index in [1.165, 1.54) is 12.3 Å². The number of ether oxygens (including phenoxy) is 1. The van der Waals surface area contributed by atoms with E-state index in [0.29, 0.717) is 17.9 Å². The molecule has 1 aromatic rings. The van der Waals surface area contributed by atoms with E-state index in [-0.39, 0.29) is 17.1 Å². The van der Waals surface area contributed by atoms with Crippen molar-refractivity contribution in [3.63, 3.8) is 0 Å². The minimum Gasteiger partial charge on any atom is -0.612 e. The molecule has 2 atom stereocenters.